The summed E-state index contributed by atoms with van der Waals surface area (Å²) < 4.78 is 3.69. The third-order valence-electron chi connectivity index (χ3n) is 1.33. The van der Waals surface area contributed by atoms with Gasteiger partial charge in [0.15, 0.2) is 0 Å². The molecule has 1 rings (SSSR count). The van der Waals surface area contributed by atoms with E-state index in [1.54, 1.807) is 18.4 Å². The number of benzene rings is 1. The van der Waals surface area contributed by atoms with Crippen LogP contribution in [0.3, 0.4) is 0 Å². The summed E-state index contributed by atoms with van der Waals surface area (Å²) in [4.78, 5) is 10.5. The van der Waals surface area contributed by atoms with Gasteiger partial charge in [-0.3, -0.25) is 0 Å². The van der Waals surface area contributed by atoms with E-state index in [9.17, 15) is 4.79 Å². The zero-order valence-corrected chi connectivity index (χ0v) is 7.78. The Balaban J connectivity index is 2.92. The summed E-state index contributed by atoms with van der Waals surface area (Å²) in [5, 5.41) is 12.4. The van der Waals surface area contributed by atoms with Gasteiger partial charge in [0.05, 0.1) is 11.3 Å². The maximum Gasteiger partial charge on any atom is 0.335 e. The highest BCUT2D eigenvalue weighted by Gasteiger charge is 2.01. The first-order valence-corrected chi connectivity index (χ1v) is 4.70. The minimum Gasteiger partial charge on any atom is -0.478 e. The molecule has 0 spiro atoms. The number of carboxylic acids is 1. The molecule has 0 unspecified atom stereocenters. The number of nitrogens with zero attached hydrogens (tertiary/aromatic N) is 2. The van der Waals surface area contributed by atoms with Crippen LogP contribution in [0.5, 0.6) is 0 Å². The van der Waals surface area contributed by atoms with Crippen LogP contribution in [0.25, 0.3) is 0 Å². The molecule has 13 heavy (non-hydrogen) atoms. The van der Waals surface area contributed by atoms with Crippen LogP contribution in [0, 0.1) is 0 Å². The Kier molecular flexibility index (Phi) is 3.45. The predicted molar refractivity (Wildman–Crippen MR) is 51.4 cm³/mol. The van der Waals surface area contributed by atoms with Gasteiger partial charge in [-0.15, -0.1) is 9.63 Å². The van der Waals surface area contributed by atoms with Gasteiger partial charge in [0.25, 0.3) is 0 Å². The molecule has 0 saturated heterocycles. The number of rotatable bonds is 3. The van der Waals surface area contributed by atoms with Gasteiger partial charge < -0.3 is 5.11 Å². The van der Waals surface area contributed by atoms with Gasteiger partial charge in [0.2, 0.25) is 0 Å². The lowest BCUT2D eigenvalue weighted by Gasteiger charge is -1.94. The lowest BCUT2D eigenvalue weighted by atomic mass is 10.2. The van der Waals surface area contributed by atoms with Crippen molar-refractivity contribution in [2.45, 2.75) is 0 Å². The predicted octanol–water partition coefficient (Wildman–Crippen LogP) is 2.75. The van der Waals surface area contributed by atoms with Gasteiger partial charge >= 0.3 is 5.97 Å². The molecule has 0 amide bonds. The van der Waals surface area contributed by atoms with Crippen molar-refractivity contribution in [3.8, 4) is 0 Å². The quantitative estimate of drug-likeness (QED) is 0.597. The van der Waals surface area contributed by atoms with Crippen LogP contribution in [-0.2, 0) is 0 Å². The summed E-state index contributed by atoms with van der Waals surface area (Å²) in [5.74, 6) is -0.957. The Morgan fingerprint density at radius 3 is 2.92 bits per heavy atom. The molecule has 1 aromatic carbocycles. The minimum atomic E-state index is -0.957. The van der Waals surface area contributed by atoms with Crippen molar-refractivity contribution in [1.29, 1.82) is 0 Å². The van der Waals surface area contributed by atoms with Crippen molar-refractivity contribution in [3.63, 3.8) is 0 Å². The Morgan fingerprint density at radius 2 is 2.31 bits per heavy atom. The third kappa shape index (κ3) is 2.87. The summed E-state index contributed by atoms with van der Waals surface area (Å²) in [6.45, 7) is 0. The van der Waals surface area contributed by atoms with E-state index in [1.807, 2.05) is 0 Å². The first-order chi connectivity index (χ1) is 6.24. The van der Waals surface area contributed by atoms with Crippen molar-refractivity contribution in [1.82, 2.24) is 0 Å². The molecule has 0 radical (unpaired) electrons. The van der Waals surface area contributed by atoms with Crippen molar-refractivity contribution >= 4 is 23.6 Å². The van der Waals surface area contributed by atoms with Crippen LogP contribution >= 0.6 is 11.9 Å². The zero-order valence-electron chi connectivity index (χ0n) is 6.97. The van der Waals surface area contributed by atoms with Crippen molar-refractivity contribution in [2.75, 3.05) is 6.26 Å². The molecular weight excluding hydrogens is 188 g/mol. The number of aromatic carboxylic acids is 1. The second-order valence-corrected chi connectivity index (χ2v) is 2.75. The fourth-order valence-electron chi connectivity index (χ4n) is 0.789. The molecule has 0 aromatic heterocycles. The lowest BCUT2D eigenvalue weighted by molar-refractivity contribution is 0.0697. The van der Waals surface area contributed by atoms with E-state index < -0.39 is 5.97 Å². The minimum absolute atomic E-state index is 0.220. The molecule has 0 aliphatic rings. The van der Waals surface area contributed by atoms with Gasteiger partial charge in [0, 0.05) is 6.26 Å². The Bertz CT molecular complexity index is 339. The molecular formula is C8H8N2O2S. The highest BCUT2D eigenvalue weighted by molar-refractivity contribution is 7.97. The topological polar surface area (TPSA) is 62.0 Å². The second kappa shape index (κ2) is 4.61. The largest absolute Gasteiger partial charge is 0.478 e. The van der Waals surface area contributed by atoms with E-state index in [2.05, 4.69) is 9.63 Å². The standard InChI is InChI=1S/C8H8N2O2S/c1-13-10-9-7-4-2-3-6(5-7)8(11)12/h2-5H,1H3,(H,11,12)/b10-9+. The number of hydrogen-bond acceptors (Lipinski definition) is 4. The van der Waals surface area contributed by atoms with E-state index >= 15 is 0 Å². The smallest absolute Gasteiger partial charge is 0.335 e. The Hall–Kier alpha value is -1.36. The molecule has 0 heterocycles. The van der Waals surface area contributed by atoms with E-state index in [1.165, 1.54) is 24.1 Å². The molecule has 0 bridgehead atoms. The van der Waals surface area contributed by atoms with Gasteiger partial charge in [-0.2, -0.15) is 0 Å². The molecule has 0 aliphatic heterocycles. The molecule has 68 valence electrons. The SMILES string of the molecule is CS/N=N/c1cccc(C(=O)O)c1. The van der Waals surface area contributed by atoms with E-state index in [4.69, 9.17) is 5.11 Å². The van der Waals surface area contributed by atoms with E-state index in [0.717, 1.165) is 0 Å². The highest BCUT2D eigenvalue weighted by Crippen LogP contribution is 2.15. The third-order valence-corrected chi connectivity index (χ3v) is 1.58. The molecule has 0 atom stereocenters. The Morgan fingerprint density at radius 1 is 1.54 bits per heavy atom. The summed E-state index contributed by atoms with van der Waals surface area (Å²) in [7, 11) is 0. The summed E-state index contributed by atoms with van der Waals surface area (Å²) in [6.07, 6.45) is 1.78. The van der Waals surface area contributed by atoms with Gasteiger partial charge in [-0.1, -0.05) is 6.07 Å². The normalized spacial score (nSPS) is 10.5. The molecule has 0 fully saturated rings. The fraction of sp³-hybridized carbons (Fsp3) is 0.125. The second-order valence-electron chi connectivity index (χ2n) is 2.22. The summed E-state index contributed by atoms with van der Waals surface area (Å²) in [5.41, 5.74) is 0.770. The molecule has 5 heteroatoms. The maximum absolute atomic E-state index is 10.5. The van der Waals surface area contributed by atoms with E-state index in [-0.39, 0.29) is 5.56 Å². The molecule has 0 aliphatic carbocycles. The molecule has 1 N–H and O–H groups in total. The van der Waals surface area contributed by atoms with Crippen LogP contribution in [0.15, 0.2) is 33.9 Å². The van der Waals surface area contributed by atoms with Crippen LogP contribution in [0.4, 0.5) is 5.69 Å². The molecule has 0 saturated carbocycles. The van der Waals surface area contributed by atoms with Gasteiger partial charge in [0.1, 0.15) is 0 Å². The number of carbonyl (C=O) groups is 1. The van der Waals surface area contributed by atoms with Crippen LogP contribution < -0.4 is 0 Å². The summed E-state index contributed by atoms with van der Waals surface area (Å²) >= 11 is 1.22. The average molecular weight is 196 g/mol. The van der Waals surface area contributed by atoms with Crippen molar-refractivity contribution < 1.29 is 9.90 Å². The summed E-state index contributed by atoms with van der Waals surface area (Å²) in [6, 6.07) is 6.33. The molecule has 1 aromatic rings. The van der Waals surface area contributed by atoms with Gasteiger partial charge in [-0.05, 0) is 30.1 Å². The van der Waals surface area contributed by atoms with Crippen LogP contribution in [0.1, 0.15) is 10.4 Å². The average Bonchev–Trinajstić information content (AvgIpc) is 2.15. The highest BCUT2D eigenvalue weighted by atomic mass is 32.2. The first-order valence-electron chi connectivity index (χ1n) is 3.51. The maximum atomic E-state index is 10.5. The van der Waals surface area contributed by atoms with Crippen molar-refractivity contribution in [3.05, 3.63) is 29.8 Å². The zero-order chi connectivity index (χ0) is 9.68. The van der Waals surface area contributed by atoms with Crippen molar-refractivity contribution in [2.24, 2.45) is 9.63 Å². The van der Waals surface area contributed by atoms with Crippen LogP contribution in [0.2, 0.25) is 0 Å². The Labute approximate surface area is 79.8 Å². The molecule has 4 nitrogen and oxygen atoms in total. The lowest BCUT2D eigenvalue weighted by Crippen LogP contribution is -1.94. The number of hydrogen-bond donors (Lipinski definition) is 1. The first kappa shape index (κ1) is 9.73. The van der Waals surface area contributed by atoms with E-state index in [0.29, 0.717) is 5.69 Å². The number of carboxylic acid groups (broad SMARTS) is 1. The monoisotopic (exact) mass is 196 g/mol. The fourth-order valence-corrected chi connectivity index (χ4v) is 0.965. The van der Waals surface area contributed by atoms with Gasteiger partial charge in [-0.25, -0.2) is 4.79 Å². The van der Waals surface area contributed by atoms with Crippen LogP contribution in [-0.4, -0.2) is 17.3 Å².